The number of thiol groups is 2. The predicted molar refractivity (Wildman–Crippen MR) is 59.7 cm³/mol. The number of carbonyl (C=O) groups is 2. The smallest absolute Gasteiger partial charge is 0.273 e. The van der Waals surface area contributed by atoms with Crippen molar-refractivity contribution in [2.45, 2.75) is 14.4 Å². The summed E-state index contributed by atoms with van der Waals surface area (Å²) < 4.78 is 0. The van der Waals surface area contributed by atoms with Gasteiger partial charge in [0.2, 0.25) is 0 Å². The Morgan fingerprint density at radius 2 is 1.25 bits per heavy atom. The highest BCUT2D eigenvalue weighted by Gasteiger charge is 1.63. The minimum atomic E-state index is -0.639. The Morgan fingerprint density at radius 1 is 1.25 bits per heavy atom. The van der Waals surface area contributed by atoms with Gasteiger partial charge in [0.25, 0.3) is 10.5 Å². The molecule has 0 aromatic carbocycles. The molecule has 0 radical (unpaired) electrons. The zero-order valence-corrected chi connectivity index (χ0v) is 7.94. The van der Waals surface area contributed by atoms with E-state index in [1.807, 2.05) is 6.92 Å². The average molecular weight is 212 g/mol. The lowest BCUT2D eigenvalue weighted by atomic mass is 10.8. The molecule has 74 valence electrons. The third kappa shape index (κ3) is 1710. The second-order valence-electron chi connectivity index (χ2n) is 1.08. The van der Waals surface area contributed by atoms with E-state index in [4.69, 9.17) is 9.59 Å². The summed E-state index contributed by atoms with van der Waals surface area (Å²) in [5.74, 6) is 0. The fourth-order valence-electron chi connectivity index (χ4n) is 0. The second-order valence-corrected chi connectivity index (χ2v) is 1.97. The third-order valence-corrected chi connectivity index (χ3v) is 0. The fraction of sp³-hybridized carbons (Fsp3) is 0.333. The van der Waals surface area contributed by atoms with Gasteiger partial charge in [-0.15, -0.1) is 6.58 Å². The molecule has 0 spiro atoms. The number of primary amides is 2. The molecular weight excluding hydrogens is 196 g/mol. The molecule has 0 saturated carbocycles. The molecule has 0 aromatic rings. The maximum atomic E-state index is 9.09. The van der Waals surface area contributed by atoms with Crippen LogP contribution in [0.1, 0.15) is 14.4 Å². The zero-order chi connectivity index (χ0) is 9.86. The van der Waals surface area contributed by atoms with E-state index in [-0.39, 0.29) is 7.43 Å². The molecule has 0 aliphatic rings. The van der Waals surface area contributed by atoms with Crippen molar-refractivity contribution < 1.29 is 9.59 Å². The lowest BCUT2D eigenvalue weighted by molar-refractivity contribution is 0.266. The van der Waals surface area contributed by atoms with E-state index in [0.717, 1.165) is 0 Å². The van der Waals surface area contributed by atoms with Crippen molar-refractivity contribution in [3.8, 4) is 0 Å². The van der Waals surface area contributed by atoms with Crippen LogP contribution in [0.4, 0.5) is 9.59 Å². The highest BCUT2D eigenvalue weighted by Crippen LogP contribution is 1.61. The molecule has 2 amide bonds. The molecule has 0 rings (SSSR count). The molecule has 12 heavy (non-hydrogen) atoms. The first-order chi connectivity index (χ1) is 4.88. The molecular formula is C6H16N2O2S2. The summed E-state index contributed by atoms with van der Waals surface area (Å²) in [7, 11) is 0. The van der Waals surface area contributed by atoms with Crippen LogP contribution in [-0.2, 0) is 0 Å². The Labute approximate surface area is 84.2 Å². The molecule has 0 aliphatic heterocycles. The Morgan fingerprint density at radius 3 is 1.25 bits per heavy atom. The molecule has 0 aromatic heterocycles. The molecule has 4 N–H and O–H groups in total. The number of rotatable bonds is 0. The van der Waals surface area contributed by atoms with Crippen LogP contribution in [0.15, 0.2) is 12.7 Å². The van der Waals surface area contributed by atoms with Gasteiger partial charge in [-0.25, -0.2) is 0 Å². The van der Waals surface area contributed by atoms with Crippen LogP contribution >= 0.6 is 25.3 Å². The Kier molecular flexibility index (Phi) is 42.1. The van der Waals surface area contributed by atoms with E-state index in [1.54, 1.807) is 6.08 Å². The average Bonchev–Trinajstić information content (AvgIpc) is 1.60. The zero-order valence-electron chi connectivity index (χ0n) is 6.15. The van der Waals surface area contributed by atoms with Crippen molar-refractivity contribution in [1.82, 2.24) is 0 Å². The van der Waals surface area contributed by atoms with Gasteiger partial charge in [0.15, 0.2) is 0 Å². The number of hydrogen-bond donors (Lipinski definition) is 4. The van der Waals surface area contributed by atoms with Crippen molar-refractivity contribution >= 4 is 35.7 Å². The van der Waals surface area contributed by atoms with Gasteiger partial charge in [-0.05, 0) is 6.92 Å². The molecule has 0 saturated heterocycles. The van der Waals surface area contributed by atoms with Crippen molar-refractivity contribution in [3.63, 3.8) is 0 Å². The molecule has 0 fully saturated rings. The van der Waals surface area contributed by atoms with Crippen molar-refractivity contribution in [2.75, 3.05) is 0 Å². The van der Waals surface area contributed by atoms with Gasteiger partial charge in [-0.2, -0.15) is 0 Å². The van der Waals surface area contributed by atoms with Crippen LogP contribution < -0.4 is 11.5 Å². The molecule has 4 nitrogen and oxygen atoms in total. The summed E-state index contributed by atoms with van der Waals surface area (Å²) >= 11 is 6.21. The van der Waals surface area contributed by atoms with Gasteiger partial charge in [0.1, 0.15) is 0 Å². The van der Waals surface area contributed by atoms with E-state index in [2.05, 4.69) is 43.3 Å². The number of carbonyl (C=O) groups excluding carboxylic acids is 2. The van der Waals surface area contributed by atoms with Gasteiger partial charge in [-0.3, -0.25) is 9.59 Å². The first kappa shape index (κ1) is 22.5. The highest BCUT2D eigenvalue weighted by molar-refractivity contribution is 7.96. The quantitative estimate of drug-likeness (QED) is 0.364. The first-order valence-electron chi connectivity index (χ1n) is 2.42. The predicted octanol–water partition coefficient (Wildman–Crippen LogP) is 1.82. The van der Waals surface area contributed by atoms with Crippen LogP contribution in [0.2, 0.25) is 0 Å². The monoisotopic (exact) mass is 212 g/mol. The largest absolute Gasteiger partial charge is 0.361 e. The maximum absolute atomic E-state index is 9.09. The van der Waals surface area contributed by atoms with Crippen LogP contribution in [0.5, 0.6) is 0 Å². The summed E-state index contributed by atoms with van der Waals surface area (Å²) in [6.07, 6.45) is 1.75. The Hall–Kier alpha value is -0.620. The second kappa shape index (κ2) is 22.4. The summed E-state index contributed by atoms with van der Waals surface area (Å²) in [6.45, 7) is 5.25. The fourth-order valence-corrected chi connectivity index (χ4v) is 0. The summed E-state index contributed by atoms with van der Waals surface area (Å²) in [4.78, 5) is 18.2. The van der Waals surface area contributed by atoms with Crippen molar-refractivity contribution in [1.29, 1.82) is 0 Å². The van der Waals surface area contributed by atoms with Gasteiger partial charge in [-0.1, -0.05) is 38.8 Å². The molecule has 6 heteroatoms. The van der Waals surface area contributed by atoms with E-state index in [9.17, 15) is 0 Å². The van der Waals surface area contributed by atoms with Gasteiger partial charge < -0.3 is 11.5 Å². The number of hydrogen-bond acceptors (Lipinski definition) is 2. The van der Waals surface area contributed by atoms with Crippen molar-refractivity contribution in [2.24, 2.45) is 11.5 Å². The minimum Gasteiger partial charge on any atom is -0.361 e. The minimum absolute atomic E-state index is 0. The topological polar surface area (TPSA) is 86.2 Å². The van der Waals surface area contributed by atoms with Gasteiger partial charge >= 0.3 is 0 Å². The van der Waals surface area contributed by atoms with Crippen LogP contribution in [-0.4, -0.2) is 10.5 Å². The normalized spacial score (nSPS) is 5.25. The van der Waals surface area contributed by atoms with E-state index in [1.165, 1.54) is 0 Å². The highest BCUT2D eigenvalue weighted by atomic mass is 32.1. The Balaban J connectivity index is -0.0000000389. The van der Waals surface area contributed by atoms with E-state index in [0.29, 0.717) is 0 Å². The first-order valence-corrected chi connectivity index (χ1v) is 3.31. The summed E-state index contributed by atoms with van der Waals surface area (Å²) in [5.41, 5.74) is 8.67. The molecule has 0 heterocycles. The van der Waals surface area contributed by atoms with Crippen LogP contribution in [0.3, 0.4) is 0 Å². The summed E-state index contributed by atoms with van der Waals surface area (Å²) in [5, 5.41) is -1.28. The van der Waals surface area contributed by atoms with Crippen LogP contribution in [0, 0.1) is 0 Å². The SMILES string of the molecule is C.C=CC.NC(=O)S.NC(=O)S. The summed E-state index contributed by atoms with van der Waals surface area (Å²) in [6, 6.07) is 0. The molecule has 0 bridgehead atoms. The molecule has 0 aliphatic carbocycles. The molecule has 0 unspecified atom stereocenters. The lowest BCUT2D eigenvalue weighted by Crippen LogP contribution is -1.95. The van der Waals surface area contributed by atoms with Gasteiger partial charge in [0, 0.05) is 0 Å². The standard InChI is InChI=1S/C3H6.2CH3NOS.CH4/c1-3-2;2*2-1(3)4;/h3H,1H2,2H3;2*(H3,2,3,4);1H4. The number of amides is 2. The van der Waals surface area contributed by atoms with E-state index >= 15 is 0 Å². The number of allylic oxidation sites excluding steroid dienone is 1. The number of nitrogens with two attached hydrogens (primary N) is 2. The van der Waals surface area contributed by atoms with Gasteiger partial charge in [0.05, 0.1) is 0 Å². The van der Waals surface area contributed by atoms with Crippen molar-refractivity contribution in [3.05, 3.63) is 12.7 Å². The lowest BCUT2D eigenvalue weighted by Gasteiger charge is -1.59. The maximum Gasteiger partial charge on any atom is 0.273 e. The third-order valence-electron chi connectivity index (χ3n) is 0. The molecule has 0 atom stereocenters. The van der Waals surface area contributed by atoms with Crippen LogP contribution in [0.25, 0.3) is 0 Å². The van der Waals surface area contributed by atoms with E-state index < -0.39 is 10.5 Å². The Bertz CT molecular complexity index is 109.